The highest BCUT2D eigenvalue weighted by Crippen LogP contribution is 2.27. The minimum Gasteiger partial charge on any atom is -0.268 e. The topological polar surface area (TPSA) is 34.9 Å². The second-order valence-corrected chi connectivity index (χ2v) is 6.96. The van der Waals surface area contributed by atoms with Gasteiger partial charge in [-0.25, -0.2) is 18.2 Å². The fourth-order valence-corrected chi connectivity index (χ4v) is 3.86. The molecule has 0 spiro atoms. The molecule has 0 saturated carbocycles. The van der Waals surface area contributed by atoms with Gasteiger partial charge in [0.25, 0.3) is 5.56 Å². The highest BCUT2D eigenvalue weighted by Gasteiger charge is 2.16. The van der Waals surface area contributed by atoms with Crippen LogP contribution in [0.1, 0.15) is 5.56 Å². The Morgan fingerprint density at radius 3 is 2.25 bits per heavy atom. The van der Waals surface area contributed by atoms with Crippen LogP contribution < -0.4 is 5.56 Å². The van der Waals surface area contributed by atoms with Crippen LogP contribution in [0.2, 0.25) is 0 Å². The van der Waals surface area contributed by atoms with Crippen LogP contribution in [0.3, 0.4) is 0 Å². The number of benzene rings is 3. The van der Waals surface area contributed by atoms with Crippen molar-refractivity contribution >= 4 is 22.7 Å². The van der Waals surface area contributed by atoms with Crippen molar-refractivity contribution in [1.82, 2.24) is 9.55 Å². The molecule has 0 aliphatic rings. The molecule has 4 aromatic rings. The molecular formula is C21H13F3N2OS. The molecule has 1 heterocycles. The monoisotopic (exact) mass is 398 g/mol. The highest BCUT2D eigenvalue weighted by atomic mass is 32.2. The number of thioether (sulfide) groups is 1. The van der Waals surface area contributed by atoms with Crippen LogP contribution in [0.25, 0.3) is 16.6 Å². The summed E-state index contributed by atoms with van der Waals surface area (Å²) in [7, 11) is 0. The number of para-hydroxylation sites is 1. The van der Waals surface area contributed by atoms with E-state index in [1.807, 2.05) is 0 Å². The maximum Gasteiger partial charge on any atom is 0.266 e. The Morgan fingerprint density at radius 2 is 1.54 bits per heavy atom. The average molecular weight is 398 g/mol. The Bertz CT molecular complexity index is 1200. The van der Waals surface area contributed by atoms with Crippen molar-refractivity contribution in [3.8, 4) is 5.69 Å². The first kappa shape index (κ1) is 18.3. The first-order valence-corrected chi connectivity index (χ1v) is 9.36. The Kier molecular flexibility index (Phi) is 4.92. The maximum atomic E-state index is 14.0. The van der Waals surface area contributed by atoms with Gasteiger partial charge in [0.2, 0.25) is 0 Å². The lowest BCUT2D eigenvalue weighted by molar-refractivity contribution is 0.566. The van der Waals surface area contributed by atoms with E-state index in [1.54, 1.807) is 24.3 Å². The summed E-state index contributed by atoms with van der Waals surface area (Å²) in [5.74, 6) is -1.81. The Balaban J connectivity index is 1.85. The molecule has 0 aliphatic carbocycles. The number of aromatic nitrogens is 2. The molecule has 140 valence electrons. The fourth-order valence-electron chi connectivity index (χ4n) is 2.83. The first-order chi connectivity index (χ1) is 13.5. The largest absolute Gasteiger partial charge is 0.268 e. The molecule has 3 aromatic carbocycles. The van der Waals surface area contributed by atoms with Crippen LogP contribution in [0.4, 0.5) is 13.2 Å². The number of hydrogen-bond acceptors (Lipinski definition) is 3. The summed E-state index contributed by atoms with van der Waals surface area (Å²) in [5, 5.41) is 0.659. The van der Waals surface area contributed by atoms with Gasteiger partial charge in [-0.1, -0.05) is 30.0 Å². The van der Waals surface area contributed by atoms with Crippen LogP contribution in [0.5, 0.6) is 0 Å². The van der Waals surface area contributed by atoms with Crippen LogP contribution in [-0.2, 0) is 5.75 Å². The van der Waals surface area contributed by atoms with Crippen molar-refractivity contribution in [1.29, 1.82) is 0 Å². The third-order valence-electron chi connectivity index (χ3n) is 4.24. The van der Waals surface area contributed by atoms with E-state index in [-0.39, 0.29) is 22.0 Å². The standard InChI is InChI=1S/C21H13F3N2OS/c22-13-8-10-14(11-9-13)26-20(27)15-4-1-2-7-19(15)25-21(26)28-12-16-17(23)5-3-6-18(16)24/h1-11H,12H2. The summed E-state index contributed by atoms with van der Waals surface area (Å²) in [6.07, 6.45) is 0. The van der Waals surface area contributed by atoms with Gasteiger partial charge >= 0.3 is 0 Å². The zero-order valence-electron chi connectivity index (χ0n) is 14.4. The number of hydrogen-bond donors (Lipinski definition) is 0. The molecule has 0 saturated heterocycles. The molecule has 0 radical (unpaired) electrons. The van der Waals surface area contributed by atoms with Crippen molar-refractivity contribution in [3.63, 3.8) is 0 Å². The molecule has 0 atom stereocenters. The number of nitrogens with zero attached hydrogens (tertiary/aromatic N) is 2. The zero-order valence-corrected chi connectivity index (χ0v) is 15.2. The molecular weight excluding hydrogens is 385 g/mol. The Hall–Kier alpha value is -3.06. The van der Waals surface area contributed by atoms with Gasteiger partial charge in [-0.05, 0) is 48.5 Å². The van der Waals surface area contributed by atoms with Gasteiger partial charge in [0.15, 0.2) is 5.16 Å². The number of halogens is 3. The Labute approximate surface area is 162 Å². The van der Waals surface area contributed by atoms with Gasteiger partial charge in [-0.2, -0.15) is 0 Å². The van der Waals surface area contributed by atoms with Gasteiger partial charge in [0.05, 0.1) is 16.6 Å². The summed E-state index contributed by atoms with van der Waals surface area (Å²) in [4.78, 5) is 17.5. The fraction of sp³-hybridized carbons (Fsp3) is 0.0476. The molecule has 7 heteroatoms. The quantitative estimate of drug-likeness (QED) is 0.355. The molecule has 0 amide bonds. The van der Waals surface area contributed by atoms with Gasteiger partial charge in [-0.15, -0.1) is 0 Å². The molecule has 0 unspecified atom stereocenters. The third-order valence-corrected chi connectivity index (χ3v) is 5.20. The van der Waals surface area contributed by atoms with E-state index in [0.717, 1.165) is 11.8 Å². The average Bonchev–Trinajstić information content (AvgIpc) is 2.69. The predicted molar refractivity (Wildman–Crippen MR) is 103 cm³/mol. The van der Waals surface area contributed by atoms with E-state index >= 15 is 0 Å². The molecule has 4 rings (SSSR count). The van der Waals surface area contributed by atoms with Crippen LogP contribution >= 0.6 is 11.8 Å². The highest BCUT2D eigenvalue weighted by molar-refractivity contribution is 7.98. The summed E-state index contributed by atoms with van der Waals surface area (Å²) in [5.41, 5.74) is 0.456. The van der Waals surface area contributed by atoms with E-state index in [1.165, 1.54) is 47.0 Å². The summed E-state index contributed by atoms with van der Waals surface area (Å²) in [6, 6.07) is 15.9. The van der Waals surface area contributed by atoms with Gasteiger partial charge in [0, 0.05) is 11.3 Å². The maximum absolute atomic E-state index is 14.0. The van der Waals surface area contributed by atoms with Crippen molar-refractivity contribution in [2.75, 3.05) is 0 Å². The first-order valence-electron chi connectivity index (χ1n) is 8.38. The van der Waals surface area contributed by atoms with Crippen molar-refractivity contribution in [3.05, 3.63) is 100 Å². The van der Waals surface area contributed by atoms with E-state index in [4.69, 9.17) is 0 Å². The second kappa shape index (κ2) is 7.52. The minimum absolute atomic E-state index is 0.0511. The van der Waals surface area contributed by atoms with Gasteiger partial charge in [0.1, 0.15) is 17.5 Å². The summed E-state index contributed by atoms with van der Waals surface area (Å²) < 4.78 is 42.6. The molecule has 0 bridgehead atoms. The van der Waals surface area contributed by atoms with Crippen molar-refractivity contribution in [2.24, 2.45) is 0 Å². The van der Waals surface area contributed by atoms with Crippen molar-refractivity contribution in [2.45, 2.75) is 10.9 Å². The molecule has 0 fully saturated rings. The van der Waals surface area contributed by atoms with E-state index in [0.29, 0.717) is 16.6 Å². The predicted octanol–water partition coefficient (Wildman–Crippen LogP) is 5.10. The molecule has 3 nitrogen and oxygen atoms in total. The zero-order chi connectivity index (χ0) is 19.7. The molecule has 28 heavy (non-hydrogen) atoms. The van der Waals surface area contributed by atoms with E-state index in [2.05, 4.69) is 4.98 Å². The number of rotatable bonds is 4. The lowest BCUT2D eigenvalue weighted by atomic mass is 10.2. The molecule has 1 aromatic heterocycles. The number of fused-ring (bicyclic) bond motifs is 1. The summed E-state index contributed by atoms with van der Waals surface area (Å²) in [6.45, 7) is 0. The molecule has 0 N–H and O–H groups in total. The van der Waals surface area contributed by atoms with Gasteiger partial charge < -0.3 is 0 Å². The van der Waals surface area contributed by atoms with E-state index < -0.39 is 17.5 Å². The second-order valence-electron chi connectivity index (χ2n) is 6.02. The molecule has 0 aliphatic heterocycles. The van der Waals surface area contributed by atoms with Gasteiger partial charge in [-0.3, -0.25) is 9.36 Å². The summed E-state index contributed by atoms with van der Waals surface area (Å²) >= 11 is 1.03. The van der Waals surface area contributed by atoms with Crippen LogP contribution in [0.15, 0.2) is 76.7 Å². The smallest absolute Gasteiger partial charge is 0.266 e. The lowest BCUT2D eigenvalue weighted by Gasteiger charge is -2.13. The SMILES string of the molecule is O=c1c2ccccc2nc(SCc2c(F)cccc2F)n1-c1ccc(F)cc1. The normalized spacial score (nSPS) is 11.1. The lowest BCUT2D eigenvalue weighted by Crippen LogP contribution is -2.21. The third kappa shape index (κ3) is 3.41. The van der Waals surface area contributed by atoms with E-state index in [9.17, 15) is 18.0 Å². The van der Waals surface area contributed by atoms with Crippen LogP contribution in [0, 0.1) is 17.5 Å². The van der Waals surface area contributed by atoms with Crippen molar-refractivity contribution < 1.29 is 13.2 Å². The van der Waals surface area contributed by atoms with Crippen LogP contribution in [-0.4, -0.2) is 9.55 Å². The Morgan fingerprint density at radius 1 is 0.857 bits per heavy atom. The minimum atomic E-state index is -0.663.